The van der Waals surface area contributed by atoms with E-state index in [1.54, 1.807) is 45.0 Å². The van der Waals surface area contributed by atoms with Crippen molar-refractivity contribution in [1.82, 2.24) is 9.97 Å². The molecule has 0 saturated heterocycles. The second kappa shape index (κ2) is 9.78. The summed E-state index contributed by atoms with van der Waals surface area (Å²) in [5.74, 6) is -0.734. The molecule has 0 aliphatic carbocycles. The van der Waals surface area contributed by atoms with Crippen LogP contribution in [-0.4, -0.2) is 39.9 Å². The van der Waals surface area contributed by atoms with Crippen LogP contribution in [0.15, 0.2) is 54.7 Å². The third kappa shape index (κ3) is 5.92. The Kier molecular flexibility index (Phi) is 7.07. The molecule has 0 spiro atoms. The van der Waals surface area contributed by atoms with Gasteiger partial charge in [-0.2, -0.15) is 4.98 Å². The van der Waals surface area contributed by atoms with E-state index in [4.69, 9.17) is 4.74 Å². The van der Waals surface area contributed by atoms with Gasteiger partial charge < -0.3 is 20.5 Å². The molecule has 33 heavy (non-hydrogen) atoms. The van der Waals surface area contributed by atoms with Crippen LogP contribution in [0.3, 0.4) is 0 Å². The maximum absolute atomic E-state index is 14.1. The highest BCUT2D eigenvalue weighted by molar-refractivity contribution is 6.06. The molecule has 0 radical (unpaired) electrons. The van der Waals surface area contributed by atoms with E-state index in [9.17, 15) is 18.7 Å². The molecule has 0 fully saturated rings. The first-order valence-electron chi connectivity index (χ1n) is 10.1. The van der Waals surface area contributed by atoms with Gasteiger partial charge in [0.05, 0.1) is 30.1 Å². The molecule has 2 aromatic carbocycles. The maximum Gasteiger partial charge on any atom is 0.332 e. The van der Waals surface area contributed by atoms with Crippen molar-refractivity contribution in [2.45, 2.75) is 32.4 Å². The van der Waals surface area contributed by atoms with Crippen LogP contribution in [0.25, 0.3) is 0 Å². The van der Waals surface area contributed by atoms with Crippen LogP contribution in [-0.2, 0) is 0 Å². The molecular formula is C23H25F2N5O3. The van der Waals surface area contributed by atoms with Crippen molar-refractivity contribution in [2.24, 2.45) is 0 Å². The van der Waals surface area contributed by atoms with Crippen molar-refractivity contribution < 1.29 is 23.4 Å². The summed E-state index contributed by atoms with van der Waals surface area (Å²) in [7, 11) is 1.52. The lowest BCUT2D eigenvalue weighted by Crippen LogP contribution is -2.40. The summed E-state index contributed by atoms with van der Waals surface area (Å²) in [5.41, 5.74) is -0.828. The molecule has 1 heterocycles. The number of urea groups is 1. The van der Waals surface area contributed by atoms with Crippen molar-refractivity contribution >= 4 is 29.2 Å². The summed E-state index contributed by atoms with van der Waals surface area (Å²) in [6.45, 7) is 5.05. The number of carbonyl (C=O) groups is 1. The summed E-state index contributed by atoms with van der Waals surface area (Å²) in [4.78, 5) is 23.0. The first-order valence-corrected chi connectivity index (χ1v) is 10.1. The van der Waals surface area contributed by atoms with Crippen molar-refractivity contribution in [3.63, 3.8) is 0 Å². The predicted molar refractivity (Wildman–Crippen MR) is 122 cm³/mol. The van der Waals surface area contributed by atoms with E-state index in [1.807, 2.05) is 0 Å². The summed E-state index contributed by atoms with van der Waals surface area (Å²) in [6.07, 6.45) is 1.45. The summed E-state index contributed by atoms with van der Waals surface area (Å²) < 4.78 is 32.6. The molecule has 0 saturated carbocycles. The fraction of sp³-hybridized carbons (Fsp3) is 0.261. The summed E-state index contributed by atoms with van der Waals surface area (Å²) in [5, 5.41) is 15.6. The van der Waals surface area contributed by atoms with Gasteiger partial charge in [0.25, 0.3) is 0 Å². The minimum Gasteiger partial charge on any atom is -0.497 e. The molecule has 0 aliphatic rings. The minimum atomic E-state index is -1.05. The molecule has 0 unspecified atom stereocenters. The van der Waals surface area contributed by atoms with Crippen LogP contribution in [0.2, 0.25) is 0 Å². The Hall–Kier alpha value is -3.79. The van der Waals surface area contributed by atoms with Gasteiger partial charge in [-0.25, -0.2) is 23.5 Å². The quantitative estimate of drug-likeness (QED) is 0.475. The van der Waals surface area contributed by atoms with Crippen molar-refractivity contribution in [3.05, 3.63) is 66.4 Å². The number of methoxy groups -OCH3 is 1. The van der Waals surface area contributed by atoms with Gasteiger partial charge in [-0.15, -0.1) is 0 Å². The van der Waals surface area contributed by atoms with Crippen LogP contribution in [0.1, 0.15) is 20.8 Å². The number of hydrogen-bond donors (Lipinski definition) is 3. The highest BCUT2D eigenvalue weighted by atomic mass is 19.1. The number of ether oxygens (including phenoxy) is 1. The molecule has 3 N–H and O–H groups in total. The second-order valence-corrected chi connectivity index (χ2v) is 7.85. The van der Waals surface area contributed by atoms with Crippen molar-refractivity contribution in [2.75, 3.05) is 22.6 Å². The van der Waals surface area contributed by atoms with Gasteiger partial charge >= 0.3 is 6.03 Å². The lowest BCUT2D eigenvalue weighted by molar-refractivity contribution is 0.0646. The molecular weight excluding hydrogens is 432 g/mol. The molecule has 8 nitrogen and oxygen atoms in total. The van der Waals surface area contributed by atoms with Gasteiger partial charge in [0.2, 0.25) is 5.95 Å². The number of benzene rings is 2. The van der Waals surface area contributed by atoms with Gasteiger partial charge in [0.1, 0.15) is 23.2 Å². The SMILES string of the molecule is COc1ccc(N(C(=O)Nc2ccc(F)cc2F)c2ccnc(N[C@@H](C)C(C)(C)O)n2)cc1. The van der Waals surface area contributed by atoms with Crippen LogP contribution in [0, 0.1) is 11.6 Å². The fourth-order valence-electron chi connectivity index (χ4n) is 2.76. The Morgan fingerprint density at radius 2 is 1.85 bits per heavy atom. The average Bonchev–Trinajstić information content (AvgIpc) is 2.76. The molecule has 1 aromatic heterocycles. The Morgan fingerprint density at radius 3 is 2.45 bits per heavy atom. The Balaban J connectivity index is 1.98. The van der Waals surface area contributed by atoms with Crippen LogP contribution in [0.5, 0.6) is 5.75 Å². The Labute approximate surface area is 190 Å². The Bertz CT molecular complexity index is 1120. The fourth-order valence-corrected chi connectivity index (χ4v) is 2.76. The largest absolute Gasteiger partial charge is 0.497 e. The summed E-state index contributed by atoms with van der Waals surface area (Å²) >= 11 is 0. The van der Waals surface area contributed by atoms with E-state index in [0.717, 1.165) is 12.1 Å². The molecule has 3 rings (SSSR count). The Morgan fingerprint density at radius 1 is 1.15 bits per heavy atom. The van der Waals surface area contributed by atoms with Gasteiger partial charge in [-0.3, -0.25) is 0 Å². The van der Waals surface area contributed by atoms with E-state index in [2.05, 4.69) is 20.6 Å². The number of rotatable bonds is 7. The highest BCUT2D eigenvalue weighted by Crippen LogP contribution is 2.28. The van der Waals surface area contributed by atoms with Crippen LogP contribution >= 0.6 is 0 Å². The number of halogens is 2. The zero-order valence-electron chi connectivity index (χ0n) is 18.6. The number of nitrogens with zero attached hydrogens (tertiary/aromatic N) is 3. The number of aromatic nitrogens is 2. The van der Waals surface area contributed by atoms with Crippen LogP contribution in [0.4, 0.5) is 36.7 Å². The average molecular weight is 457 g/mol. The molecule has 174 valence electrons. The number of amides is 2. The third-order valence-corrected chi connectivity index (χ3v) is 4.98. The van der Waals surface area contributed by atoms with Gasteiger partial charge in [-0.1, -0.05) is 0 Å². The number of anilines is 4. The highest BCUT2D eigenvalue weighted by Gasteiger charge is 2.25. The lowest BCUT2D eigenvalue weighted by Gasteiger charge is -2.27. The normalized spacial score (nSPS) is 12.1. The van der Waals surface area contributed by atoms with Crippen molar-refractivity contribution in [3.8, 4) is 5.75 Å². The minimum absolute atomic E-state index is 0.181. The smallest absolute Gasteiger partial charge is 0.332 e. The molecule has 0 aliphatic heterocycles. The lowest BCUT2D eigenvalue weighted by atomic mass is 10.0. The third-order valence-electron chi connectivity index (χ3n) is 4.98. The number of aliphatic hydroxyl groups is 1. The van der Waals surface area contributed by atoms with E-state index in [0.29, 0.717) is 17.5 Å². The molecule has 10 heteroatoms. The first kappa shape index (κ1) is 23.9. The van der Waals surface area contributed by atoms with Gasteiger partial charge in [0, 0.05) is 18.3 Å². The molecule has 0 bridgehead atoms. The second-order valence-electron chi connectivity index (χ2n) is 7.85. The van der Waals surface area contributed by atoms with Crippen LogP contribution < -0.4 is 20.3 Å². The monoisotopic (exact) mass is 457 g/mol. The van der Waals surface area contributed by atoms with E-state index in [1.165, 1.54) is 24.3 Å². The maximum atomic E-state index is 14.1. The van der Waals surface area contributed by atoms with E-state index < -0.39 is 29.3 Å². The molecule has 2 amide bonds. The van der Waals surface area contributed by atoms with Gasteiger partial charge in [0.15, 0.2) is 0 Å². The summed E-state index contributed by atoms with van der Waals surface area (Å²) in [6, 6.07) is 9.81. The number of hydrogen-bond acceptors (Lipinski definition) is 6. The van der Waals surface area contributed by atoms with E-state index >= 15 is 0 Å². The van der Waals surface area contributed by atoms with Crippen molar-refractivity contribution in [1.29, 1.82) is 0 Å². The zero-order chi connectivity index (χ0) is 24.2. The molecule has 1 atom stereocenters. The standard InChI is InChI=1S/C23H25F2N5O3/c1-14(23(2,3)32)27-21-26-12-11-20(29-21)30(16-6-8-17(33-4)9-7-16)22(31)28-19-10-5-15(24)13-18(19)25/h5-14,32H,1-4H3,(H,28,31)(H,26,27,29)/t14-/m0/s1. The van der Waals surface area contributed by atoms with Gasteiger partial charge in [-0.05, 0) is 57.2 Å². The number of nitrogens with one attached hydrogen (secondary N) is 2. The van der Waals surface area contributed by atoms with E-state index in [-0.39, 0.29) is 17.5 Å². The number of carbonyl (C=O) groups excluding carboxylic acids is 1. The zero-order valence-corrected chi connectivity index (χ0v) is 18.6. The molecule has 3 aromatic rings. The topological polar surface area (TPSA) is 99.6 Å². The predicted octanol–water partition coefficient (Wildman–Crippen LogP) is 4.70. The first-order chi connectivity index (χ1) is 15.6.